The maximum Gasteiger partial charge on any atom is 0.159 e. The molecule has 0 N–H and O–H groups in total. The molecule has 0 amide bonds. The quantitative estimate of drug-likeness (QED) is 0.684. The molecule has 0 aliphatic rings. The summed E-state index contributed by atoms with van der Waals surface area (Å²) >= 11 is 0. The maximum absolute atomic E-state index is 5.22. The number of nitrogens with zero attached hydrogens (tertiary/aromatic N) is 2. The second-order valence-electron chi connectivity index (χ2n) is 3.98. The third-order valence-electron chi connectivity index (χ3n) is 2.83. The van der Waals surface area contributed by atoms with Crippen molar-refractivity contribution in [3.63, 3.8) is 0 Å². The van der Waals surface area contributed by atoms with Gasteiger partial charge in [-0.1, -0.05) is 12.1 Å². The number of benzene rings is 1. The summed E-state index contributed by atoms with van der Waals surface area (Å²) in [6, 6.07) is 15.8. The third kappa shape index (κ3) is 1.91. The van der Waals surface area contributed by atoms with Gasteiger partial charge >= 0.3 is 0 Å². The minimum atomic E-state index is 0.762. The lowest BCUT2D eigenvalue weighted by molar-refractivity contribution is 0.415. The Balaban J connectivity index is 2.13. The number of ether oxygens (including phenoxy) is 1. The standard InChI is InChI=1S/C15H12N2O/c1-18-13-6-2-4-12(10-13)14-8-7-11-5-3-9-16-15(11)17-14/h2-10H,1H3. The van der Waals surface area contributed by atoms with E-state index in [-0.39, 0.29) is 0 Å². The zero-order valence-corrected chi connectivity index (χ0v) is 10.00. The van der Waals surface area contributed by atoms with Crippen molar-refractivity contribution in [3.8, 4) is 17.0 Å². The van der Waals surface area contributed by atoms with Crippen LogP contribution in [-0.2, 0) is 0 Å². The van der Waals surface area contributed by atoms with E-state index in [2.05, 4.69) is 9.97 Å². The molecule has 3 nitrogen and oxygen atoms in total. The van der Waals surface area contributed by atoms with E-state index < -0.39 is 0 Å². The van der Waals surface area contributed by atoms with Gasteiger partial charge in [-0.15, -0.1) is 0 Å². The predicted octanol–water partition coefficient (Wildman–Crippen LogP) is 3.31. The molecule has 2 aromatic heterocycles. The third-order valence-corrected chi connectivity index (χ3v) is 2.83. The number of rotatable bonds is 2. The number of aromatic nitrogens is 2. The molecule has 0 fully saturated rings. The summed E-state index contributed by atoms with van der Waals surface area (Å²) in [5.74, 6) is 0.829. The zero-order valence-electron chi connectivity index (χ0n) is 10.00. The van der Waals surface area contributed by atoms with Gasteiger partial charge in [0.15, 0.2) is 5.65 Å². The van der Waals surface area contributed by atoms with E-state index in [1.165, 1.54) is 0 Å². The zero-order chi connectivity index (χ0) is 12.4. The predicted molar refractivity (Wildman–Crippen MR) is 71.5 cm³/mol. The first-order valence-electron chi connectivity index (χ1n) is 5.73. The Bertz CT molecular complexity index is 695. The van der Waals surface area contributed by atoms with Gasteiger partial charge in [0.25, 0.3) is 0 Å². The van der Waals surface area contributed by atoms with Gasteiger partial charge in [-0.2, -0.15) is 0 Å². The van der Waals surface area contributed by atoms with Crippen LogP contribution in [0.2, 0.25) is 0 Å². The molecule has 3 rings (SSSR count). The summed E-state index contributed by atoms with van der Waals surface area (Å²) in [5, 5.41) is 1.05. The fourth-order valence-electron chi connectivity index (χ4n) is 1.90. The second-order valence-corrected chi connectivity index (χ2v) is 3.98. The molecule has 0 unspecified atom stereocenters. The molecule has 0 aliphatic carbocycles. The molecular weight excluding hydrogens is 224 g/mol. The van der Waals surface area contributed by atoms with Crippen LogP contribution in [0.5, 0.6) is 5.75 Å². The van der Waals surface area contributed by atoms with Crippen molar-refractivity contribution < 1.29 is 4.74 Å². The van der Waals surface area contributed by atoms with E-state index in [1.54, 1.807) is 13.3 Å². The molecule has 3 heteroatoms. The Morgan fingerprint density at radius 2 is 1.94 bits per heavy atom. The molecule has 3 aromatic rings. The Morgan fingerprint density at radius 1 is 1.00 bits per heavy atom. The fraction of sp³-hybridized carbons (Fsp3) is 0.0667. The summed E-state index contributed by atoms with van der Waals surface area (Å²) in [6.07, 6.45) is 1.75. The molecule has 0 saturated heterocycles. The van der Waals surface area contributed by atoms with Crippen molar-refractivity contribution in [2.45, 2.75) is 0 Å². The number of pyridine rings is 2. The van der Waals surface area contributed by atoms with E-state index >= 15 is 0 Å². The van der Waals surface area contributed by atoms with E-state index in [9.17, 15) is 0 Å². The monoisotopic (exact) mass is 236 g/mol. The van der Waals surface area contributed by atoms with Gasteiger partial charge in [0.05, 0.1) is 12.8 Å². The van der Waals surface area contributed by atoms with Crippen LogP contribution >= 0.6 is 0 Å². The lowest BCUT2D eigenvalue weighted by Gasteiger charge is -2.04. The first-order valence-corrected chi connectivity index (χ1v) is 5.73. The van der Waals surface area contributed by atoms with Crippen molar-refractivity contribution in [1.82, 2.24) is 9.97 Å². The van der Waals surface area contributed by atoms with Gasteiger partial charge < -0.3 is 4.74 Å². The van der Waals surface area contributed by atoms with E-state index in [4.69, 9.17) is 4.74 Å². The van der Waals surface area contributed by atoms with Crippen LogP contribution < -0.4 is 4.74 Å². The molecule has 2 heterocycles. The van der Waals surface area contributed by atoms with Gasteiger partial charge in [0, 0.05) is 17.1 Å². The molecule has 0 radical (unpaired) electrons. The highest BCUT2D eigenvalue weighted by atomic mass is 16.5. The summed E-state index contributed by atoms with van der Waals surface area (Å²) < 4.78 is 5.22. The summed E-state index contributed by atoms with van der Waals surface area (Å²) in [7, 11) is 1.66. The molecular formula is C15H12N2O. The first kappa shape index (κ1) is 10.7. The first-order chi connectivity index (χ1) is 8.86. The number of hydrogen-bond acceptors (Lipinski definition) is 3. The lowest BCUT2D eigenvalue weighted by atomic mass is 10.1. The van der Waals surface area contributed by atoms with Crippen molar-refractivity contribution in [1.29, 1.82) is 0 Å². The van der Waals surface area contributed by atoms with Gasteiger partial charge in [-0.25, -0.2) is 9.97 Å². The van der Waals surface area contributed by atoms with Crippen LogP contribution in [0.4, 0.5) is 0 Å². The summed E-state index contributed by atoms with van der Waals surface area (Å²) in [6.45, 7) is 0. The summed E-state index contributed by atoms with van der Waals surface area (Å²) in [5.41, 5.74) is 2.69. The van der Waals surface area contributed by atoms with Gasteiger partial charge in [-0.3, -0.25) is 0 Å². The highest BCUT2D eigenvalue weighted by Gasteiger charge is 2.03. The number of fused-ring (bicyclic) bond motifs is 1. The molecule has 88 valence electrons. The van der Waals surface area contributed by atoms with Crippen molar-refractivity contribution in [2.75, 3.05) is 7.11 Å². The van der Waals surface area contributed by atoms with Crippen LogP contribution in [0, 0.1) is 0 Å². The molecule has 0 atom stereocenters. The van der Waals surface area contributed by atoms with Crippen LogP contribution in [0.1, 0.15) is 0 Å². The molecule has 0 saturated carbocycles. The Kier molecular flexibility index (Phi) is 2.65. The molecule has 0 spiro atoms. The molecule has 0 aliphatic heterocycles. The van der Waals surface area contributed by atoms with Crippen LogP contribution in [0.15, 0.2) is 54.7 Å². The molecule has 1 aromatic carbocycles. The van der Waals surface area contributed by atoms with Crippen molar-refractivity contribution in [3.05, 3.63) is 54.7 Å². The average Bonchev–Trinajstić information content (AvgIpc) is 2.47. The topological polar surface area (TPSA) is 35.0 Å². The summed E-state index contributed by atoms with van der Waals surface area (Å²) in [4.78, 5) is 8.82. The van der Waals surface area contributed by atoms with Gasteiger partial charge in [0.1, 0.15) is 5.75 Å². The highest BCUT2D eigenvalue weighted by molar-refractivity contribution is 5.78. The van der Waals surface area contributed by atoms with Crippen LogP contribution in [0.25, 0.3) is 22.3 Å². The van der Waals surface area contributed by atoms with E-state index in [0.717, 1.165) is 28.0 Å². The lowest BCUT2D eigenvalue weighted by Crippen LogP contribution is -1.88. The van der Waals surface area contributed by atoms with Crippen molar-refractivity contribution in [2.24, 2.45) is 0 Å². The maximum atomic E-state index is 5.22. The number of hydrogen-bond donors (Lipinski definition) is 0. The Hall–Kier alpha value is -2.42. The minimum absolute atomic E-state index is 0.762. The SMILES string of the molecule is COc1cccc(-c2ccc3cccnc3n2)c1. The Morgan fingerprint density at radius 3 is 2.83 bits per heavy atom. The van der Waals surface area contributed by atoms with Crippen LogP contribution in [-0.4, -0.2) is 17.1 Å². The smallest absolute Gasteiger partial charge is 0.159 e. The normalized spacial score (nSPS) is 10.5. The fourth-order valence-corrected chi connectivity index (χ4v) is 1.90. The Labute approximate surface area is 105 Å². The second kappa shape index (κ2) is 4.45. The van der Waals surface area contributed by atoms with Gasteiger partial charge in [-0.05, 0) is 36.4 Å². The molecule has 0 bridgehead atoms. The van der Waals surface area contributed by atoms with E-state index in [1.807, 2.05) is 48.5 Å². The number of methoxy groups -OCH3 is 1. The van der Waals surface area contributed by atoms with Crippen LogP contribution in [0.3, 0.4) is 0 Å². The van der Waals surface area contributed by atoms with Crippen molar-refractivity contribution >= 4 is 11.0 Å². The largest absolute Gasteiger partial charge is 0.497 e. The van der Waals surface area contributed by atoms with E-state index in [0.29, 0.717) is 0 Å². The van der Waals surface area contributed by atoms with Gasteiger partial charge in [0.2, 0.25) is 0 Å². The average molecular weight is 236 g/mol. The molecule has 18 heavy (non-hydrogen) atoms. The minimum Gasteiger partial charge on any atom is -0.497 e. The highest BCUT2D eigenvalue weighted by Crippen LogP contribution is 2.23.